The number of benzene rings is 8. The molecule has 9 aromatic rings. The van der Waals surface area contributed by atoms with Gasteiger partial charge in [0.2, 0.25) is 0 Å². The molecule has 1 aliphatic rings. The van der Waals surface area contributed by atoms with Crippen molar-refractivity contribution in [3.05, 3.63) is 199 Å². The van der Waals surface area contributed by atoms with Crippen LogP contribution in [0.2, 0.25) is 0 Å². The second-order valence-corrected chi connectivity index (χ2v) is 15.5. The lowest BCUT2D eigenvalue weighted by Gasteiger charge is -2.28. The van der Waals surface area contributed by atoms with Crippen LogP contribution in [-0.2, 0) is 5.41 Å². The van der Waals surface area contributed by atoms with Crippen LogP contribution in [0.15, 0.2) is 188 Å². The van der Waals surface area contributed by atoms with E-state index in [1.165, 1.54) is 75.8 Å². The Kier molecular flexibility index (Phi) is 7.42. The highest BCUT2D eigenvalue weighted by Gasteiger charge is 2.35. The van der Waals surface area contributed by atoms with E-state index in [1.807, 2.05) is 11.3 Å². The predicted octanol–water partition coefficient (Wildman–Crippen LogP) is 14.8. The first-order valence-corrected chi connectivity index (χ1v) is 19.2. The number of nitrogens with zero attached hydrogens (tertiary/aromatic N) is 1. The van der Waals surface area contributed by atoms with Crippen LogP contribution in [0.25, 0.3) is 64.7 Å². The molecular formula is C51H37NS. The summed E-state index contributed by atoms with van der Waals surface area (Å²) in [4.78, 5) is 2.40. The van der Waals surface area contributed by atoms with E-state index < -0.39 is 0 Å². The lowest BCUT2D eigenvalue weighted by atomic mass is 9.82. The Balaban J connectivity index is 1.09. The highest BCUT2D eigenvalue weighted by atomic mass is 32.1. The number of rotatable bonds is 6. The van der Waals surface area contributed by atoms with Crippen LogP contribution >= 0.6 is 11.3 Å². The van der Waals surface area contributed by atoms with Gasteiger partial charge in [-0.3, -0.25) is 0 Å². The van der Waals surface area contributed by atoms with Crippen LogP contribution in [0.5, 0.6) is 0 Å². The van der Waals surface area contributed by atoms with E-state index >= 15 is 0 Å². The van der Waals surface area contributed by atoms with Gasteiger partial charge in [0.15, 0.2) is 0 Å². The minimum absolute atomic E-state index is 0.0211. The molecule has 0 aliphatic heterocycles. The molecule has 0 amide bonds. The SMILES string of the molecule is CC1(C)c2ccccc2-c2cc(-c3ccccc3-c3ccccc3N(c3ccccc3)c3ccc(-c4cccc5c4sc4ccccc45)cc3)ccc21. The molecule has 8 aromatic carbocycles. The van der Waals surface area contributed by atoms with Crippen LogP contribution in [-0.4, -0.2) is 0 Å². The Labute approximate surface area is 315 Å². The van der Waals surface area contributed by atoms with Crippen molar-refractivity contribution < 1.29 is 0 Å². The molecule has 1 heterocycles. The standard InChI is InChI=1S/C51H37NS/c1-51(2)46-24-11-8-19-41(46)45-33-35(29-32-47(45)51)38-17-6-7-18-40(38)42-20-9-12-25-48(42)52(36-15-4-3-5-16-36)37-30-27-34(28-31-37)39-22-14-23-44-43-21-10-13-26-49(43)53-50(39)44/h3-33H,1-2H3. The number of hydrogen-bond donors (Lipinski definition) is 0. The molecule has 0 unspecified atom stereocenters. The Morgan fingerprint density at radius 3 is 1.81 bits per heavy atom. The first kappa shape index (κ1) is 31.5. The van der Waals surface area contributed by atoms with Crippen molar-refractivity contribution in [1.82, 2.24) is 0 Å². The van der Waals surface area contributed by atoms with Crippen molar-refractivity contribution in [3.63, 3.8) is 0 Å². The largest absolute Gasteiger partial charge is 0.310 e. The van der Waals surface area contributed by atoms with Gasteiger partial charge in [0, 0.05) is 42.5 Å². The van der Waals surface area contributed by atoms with E-state index in [1.54, 1.807) is 0 Å². The quantitative estimate of drug-likeness (QED) is 0.167. The van der Waals surface area contributed by atoms with E-state index in [4.69, 9.17) is 0 Å². The number of thiophene rings is 1. The van der Waals surface area contributed by atoms with Gasteiger partial charge in [-0.25, -0.2) is 0 Å². The number of anilines is 3. The lowest BCUT2D eigenvalue weighted by molar-refractivity contribution is 0.660. The summed E-state index contributed by atoms with van der Waals surface area (Å²) >= 11 is 1.88. The van der Waals surface area contributed by atoms with Gasteiger partial charge in [-0.2, -0.15) is 0 Å². The number of fused-ring (bicyclic) bond motifs is 6. The van der Waals surface area contributed by atoms with E-state index in [2.05, 4.69) is 207 Å². The molecular weight excluding hydrogens is 659 g/mol. The Morgan fingerprint density at radius 1 is 0.396 bits per heavy atom. The monoisotopic (exact) mass is 695 g/mol. The number of hydrogen-bond acceptors (Lipinski definition) is 2. The molecule has 53 heavy (non-hydrogen) atoms. The molecule has 2 heteroatoms. The highest BCUT2D eigenvalue weighted by molar-refractivity contribution is 7.26. The smallest absolute Gasteiger partial charge is 0.0540 e. The summed E-state index contributed by atoms with van der Waals surface area (Å²) in [6.45, 7) is 4.69. The van der Waals surface area contributed by atoms with Crippen molar-refractivity contribution in [2.75, 3.05) is 4.90 Å². The summed E-state index contributed by atoms with van der Waals surface area (Å²) in [5.41, 5.74) is 16.2. The van der Waals surface area contributed by atoms with Gasteiger partial charge < -0.3 is 4.90 Å². The summed E-state index contributed by atoms with van der Waals surface area (Å²) in [6, 6.07) is 69.0. The van der Waals surface area contributed by atoms with Crippen molar-refractivity contribution >= 4 is 48.6 Å². The Hall–Kier alpha value is -6.22. The minimum atomic E-state index is -0.0211. The zero-order valence-electron chi connectivity index (χ0n) is 29.8. The summed E-state index contributed by atoms with van der Waals surface area (Å²) in [6.07, 6.45) is 0. The van der Waals surface area contributed by atoms with Crippen LogP contribution in [0.4, 0.5) is 17.1 Å². The van der Waals surface area contributed by atoms with Gasteiger partial charge in [0.05, 0.1) is 5.69 Å². The molecule has 0 bridgehead atoms. The predicted molar refractivity (Wildman–Crippen MR) is 228 cm³/mol. The maximum absolute atomic E-state index is 2.41. The summed E-state index contributed by atoms with van der Waals surface area (Å²) in [7, 11) is 0. The van der Waals surface area contributed by atoms with Gasteiger partial charge >= 0.3 is 0 Å². The molecule has 0 N–H and O–H groups in total. The first-order chi connectivity index (χ1) is 26.1. The first-order valence-electron chi connectivity index (χ1n) is 18.4. The van der Waals surface area contributed by atoms with Crippen molar-refractivity contribution in [3.8, 4) is 44.5 Å². The van der Waals surface area contributed by atoms with Crippen LogP contribution < -0.4 is 4.90 Å². The third-order valence-corrected chi connectivity index (χ3v) is 12.3. The Morgan fingerprint density at radius 2 is 0.981 bits per heavy atom. The highest BCUT2D eigenvalue weighted by Crippen LogP contribution is 2.51. The van der Waals surface area contributed by atoms with Crippen molar-refractivity contribution in [1.29, 1.82) is 0 Å². The van der Waals surface area contributed by atoms with Gasteiger partial charge in [0.1, 0.15) is 0 Å². The zero-order chi connectivity index (χ0) is 35.5. The third-order valence-electron chi connectivity index (χ3n) is 11.1. The fourth-order valence-corrected chi connectivity index (χ4v) is 9.76. The maximum atomic E-state index is 2.41. The minimum Gasteiger partial charge on any atom is -0.310 e. The van der Waals surface area contributed by atoms with Crippen LogP contribution in [0.3, 0.4) is 0 Å². The summed E-state index contributed by atoms with van der Waals surface area (Å²) in [5, 5.41) is 2.65. The fourth-order valence-electron chi connectivity index (χ4n) is 8.52. The van der Waals surface area contributed by atoms with Gasteiger partial charge in [-0.05, 0) is 92.5 Å². The number of para-hydroxylation sites is 2. The third kappa shape index (κ3) is 5.13. The molecule has 0 saturated heterocycles. The molecule has 0 spiro atoms. The lowest BCUT2D eigenvalue weighted by Crippen LogP contribution is -2.14. The molecule has 0 fully saturated rings. The normalized spacial score (nSPS) is 12.9. The molecule has 10 rings (SSSR count). The molecule has 252 valence electrons. The van der Waals surface area contributed by atoms with Gasteiger partial charge in [-0.15, -0.1) is 11.3 Å². The molecule has 0 radical (unpaired) electrons. The molecule has 0 atom stereocenters. The Bertz CT molecular complexity index is 2810. The van der Waals surface area contributed by atoms with Crippen molar-refractivity contribution in [2.45, 2.75) is 19.3 Å². The van der Waals surface area contributed by atoms with Crippen LogP contribution in [0, 0.1) is 0 Å². The second-order valence-electron chi connectivity index (χ2n) is 14.5. The molecule has 1 nitrogen and oxygen atoms in total. The molecule has 1 aromatic heterocycles. The topological polar surface area (TPSA) is 3.24 Å². The average Bonchev–Trinajstić information content (AvgIpc) is 3.71. The van der Waals surface area contributed by atoms with E-state index in [0.29, 0.717) is 0 Å². The summed E-state index contributed by atoms with van der Waals surface area (Å²) in [5.74, 6) is 0. The van der Waals surface area contributed by atoms with Crippen LogP contribution in [0.1, 0.15) is 25.0 Å². The van der Waals surface area contributed by atoms with Crippen molar-refractivity contribution in [2.24, 2.45) is 0 Å². The molecule has 1 aliphatic carbocycles. The van der Waals surface area contributed by atoms with E-state index in [0.717, 1.165) is 17.1 Å². The fraction of sp³-hybridized carbons (Fsp3) is 0.0588. The average molecular weight is 696 g/mol. The zero-order valence-corrected chi connectivity index (χ0v) is 30.6. The van der Waals surface area contributed by atoms with Gasteiger partial charge in [0.25, 0.3) is 0 Å². The second kappa shape index (κ2) is 12.5. The van der Waals surface area contributed by atoms with Gasteiger partial charge in [-0.1, -0.05) is 159 Å². The van der Waals surface area contributed by atoms with E-state index in [9.17, 15) is 0 Å². The molecule has 0 saturated carbocycles. The summed E-state index contributed by atoms with van der Waals surface area (Å²) < 4.78 is 2.66. The van der Waals surface area contributed by atoms with E-state index in [-0.39, 0.29) is 5.41 Å². The maximum Gasteiger partial charge on any atom is 0.0540 e.